The summed E-state index contributed by atoms with van der Waals surface area (Å²) in [4.78, 5) is 38.9. The summed E-state index contributed by atoms with van der Waals surface area (Å²) < 4.78 is 4.96. The molecule has 0 aromatic heterocycles. The number of carbonyl (C=O) groups excluding carboxylic acids is 3. The maximum Gasteiger partial charge on any atom is 0.338 e. The molecule has 3 N–H and O–H groups in total. The van der Waals surface area contributed by atoms with Crippen LogP contribution in [0.4, 0.5) is 5.69 Å². The van der Waals surface area contributed by atoms with Crippen molar-refractivity contribution in [1.29, 1.82) is 0 Å². The highest BCUT2D eigenvalue weighted by Gasteiger charge is 2.25. The van der Waals surface area contributed by atoms with Crippen LogP contribution in [0, 0.1) is 0 Å². The minimum absolute atomic E-state index is 0.0682. The van der Waals surface area contributed by atoms with Gasteiger partial charge in [-0.1, -0.05) is 30.3 Å². The first-order valence-electron chi connectivity index (χ1n) is 10.7. The van der Waals surface area contributed by atoms with Crippen LogP contribution in [0.2, 0.25) is 0 Å². The molecule has 2 amide bonds. The predicted octanol–water partition coefficient (Wildman–Crippen LogP) is 2.74. The van der Waals surface area contributed by atoms with Crippen molar-refractivity contribution in [2.75, 3.05) is 24.6 Å². The Morgan fingerprint density at radius 2 is 1.71 bits per heavy atom. The van der Waals surface area contributed by atoms with Gasteiger partial charge in [-0.15, -0.1) is 0 Å². The van der Waals surface area contributed by atoms with Crippen LogP contribution in [-0.2, 0) is 20.7 Å². The normalized spacial score (nSPS) is 14.5. The number of piperidine rings is 1. The van der Waals surface area contributed by atoms with Crippen molar-refractivity contribution >= 4 is 23.5 Å². The smallest absolute Gasteiger partial charge is 0.338 e. The molecule has 0 spiro atoms. The van der Waals surface area contributed by atoms with Crippen molar-refractivity contribution in [3.05, 3.63) is 65.2 Å². The van der Waals surface area contributed by atoms with Gasteiger partial charge in [0.25, 0.3) is 0 Å². The van der Waals surface area contributed by atoms with Crippen LogP contribution in [0.3, 0.4) is 0 Å². The third-order valence-corrected chi connectivity index (χ3v) is 5.36. The summed E-state index contributed by atoms with van der Waals surface area (Å²) in [5.41, 5.74) is 8.46. The third kappa shape index (κ3) is 5.84. The fourth-order valence-electron chi connectivity index (χ4n) is 3.83. The number of carbonyl (C=O) groups is 3. The number of para-hydroxylation sites is 1. The molecule has 1 heterocycles. The Bertz CT molecular complexity index is 921. The van der Waals surface area contributed by atoms with Gasteiger partial charge in [-0.25, -0.2) is 4.79 Å². The van der Waals surface area contributed by atoms with Gasteiger partial charge in [-0.05, 0) is 49.9 Å². The number of rotatable bonds is 8. The summed E-state index contributed by atoms with van der Waals surface area (Å²) in [6.07, 6.45) is 3.47. The van der Waals surface area contributed by atoms with Gasteiger partial charge in [0.05, 0.1) is 18.6 Å². The maximum absolute atomic E-state index is 12.7. The molecule has 1 fully saturated rings. The summed E-state index contributed by atoms with van der Waals surface area (Å²) in [6.45, 7) is 3.89. The van der Waals surface area contributed by atoms with Crippen LogP contribution >= 0.6 is 0 Å². The lowest BCUT2D eigenvalue weighted by Crippen LogP contribution is -2.40. The van der Waals surface area contributed by atoms with Crippen molar-refractivity contribution in [2.45, 2.75) is 38.6 Å². The van der Waals surface area contributed by atoms with E-state index in [1.807, 2.05) is 24.3 Å². The SMILES string of the molecule is CCOC(=O)c1ccc(CC(=O)NC(C(N)=O)c2ccccc2N2CCCCC2)cc1. The van der Waals surface area contributed by atoms with Crippen molar-refractivity contribution in [3.8, 4) is 0 Å². The zero-order valence-corrected chi connectivity index (χ0v) is 17.8. The van der Waals surface area contributed by atoms with Crippen molar-refractivity contribution in [3.63, 3.8) is 0 Å². The first-order chi connectivity index (χ1) is 15.0. The largest absolute Gasteiger partial charge is 0.462 e. The Hall–Kier alpha value is -3.35. The van der Waals surface area contributed by atoms with Gasteiger partial charge in [-0.3, -0.25) is 9.59 Å². The van der Waals surface area contributed by atoms with E-state index in [0.717, 1.165) is 37.2 Å². The Kier molecular flexibility index (Phi) is 7.65. The summed E-state index contributed by atoms with van der Waals surface area (Å²) >= 11 is 0. The van der Waals surface area contributed by atoms with E-state index in [9.17, 15) is 14.4 Å². The number of ether oxygens (including phenoxy) is 1. The molecule has 1 aliphatic heterocycles. The number of nitrogens with one attached hydrogen (secondary N) is 1. The molecular weight excluding hydrogens is 394 g/mol. The summed E-state index contributed by atoms with van der Waals surface area (Å²) in [5, 5.41) is 2.79. The average Bonchev–Trinajstić information content (AvgIpc) is 2.78. The van der Waals surface area contributed by atoms with Crippen molar-refractivity contribution < 1.29 is 19.1 Å². The molecule has 7 nitrogen and oxygen atoms in total. The summed E-state index contributed by atoms with van der Waals surface area (Å²) in [7, 11) is 0. The highest BCUT2D eigenvalue weighted by atomic mass is 16.5. The van der Waals surface area contributed by atoms with Gasteiger partial charge >= 0.3 is 5.97 Å². The number of primary amides is 1. The Morgan fingerprint density at radius 3 is 2.35 bits per heavy atom. The standard InChI is InChI=1S/C24H29N3O4/c1-2-31-24(30)18-12-10-17(11-13-18)16-21(28)26-22(23(25)29)19-8-4-5-9-20(19)27-14-6-3-7-15-27/h4-5,8-13,22H,2-3,6-7,14-16H2,1H3,(H2,25,29)(H,26,28). The third-order valence-electron chi connectivity index (χ3n) is 5.36. The Labute approximate surface area is 182 Å². The van der Waals surface area contributed by atoms with Crippen LogP contribution < -0.4 is 16.0 Å². The highest BCUT2D eigenvalue weighted by molar-refractivity contribution is 5.91. The van der Waals surface area contributed by atoms with Crippen LogP contribution in [-0.4, -0.2) is 37.5 Å². The molecule has 1 unspecified atom stereocenters. The highest BCUT2D eigenvalue weighted by Crippen LogP contribution is 2.29. The van der Waals surface area contributed by atoms with E-state index in [-0.39, 0.29) is 12.3 Å². The van der Waals surface area contributed by atoms with Crippen LogP contribution in [0.1, 0.15) is 53.7 Å². The first-order valence-corrected chi connectivity index (χ1v) is 10.7. The molecule has 3 rings (SSSR count). The lowest BCUT2D eigenvalue weighted by molar-refractivity contribution is -0.127. The van der Waals surface area contributed by atoms with Crippen LogP contribution in [0.15, 0.2) is 48.5 Å². The lowest BCUT2D eigenvalue weighted by atomic mass is 10.0. The predicted molar refractivity (Wildman–Crippen MR) is 119 cm³/mol. The molecule has 2 aromatic rings. The van der Waals surface area contributed by atoms with Gasteiger partial charge in [0.2, 0.25) is 11.8 Å². The molecule has 31 heavy (non-hydrogen) atoms. The van der Waals surface area contributed by atoms with Gasteiger partial charge in [-0.2, -0.15) is 0 Å². The maximum atomic E-state index is 12.7. The van der Waals surface area contributed by atoms with Crippen LogP contribution in [0.5, 0.6) is 0 Å². The monoisotopic (exact) mass is 423 g/mol. The second-order valence-electron chi connectivity index (χ2n) is 7.60. The fourth-order valence-corrected chi connectivity index (χ4v) is 3.83. The molecule has 0 saturated carbocycles. The Balaban J connectivity index is 1.71. The van der Waals surface area contributed by atoms with E-state index >= 15 is 0 Å². The number of hydrogen-bond acceptors (Lipinski definition) is 5. The van der Waals surface area contributed by atoms with E-state index in [2.05, 4.69) is 10.2 Å². The molecule has 0 aliphatic carbocycles. The minimum atomic E-state index is -0.913. The molecule has 0 radical (unpaired) electrons. The Morgan fingerprint density at radius 1 is 1.03 bits per heavy atom. The first kappa shape index (κ1) is 22.3. The van der Waals surface area contributed by atoms with Gasteiger partial charge in [0.1, 0.15) is 6.04 Å². The molecule has 0 bridgehead atoms. The topological polar surface area (TPSA) is 102 Å². The van der Waals surface area contributed by atoms with Gasteiger partial charge < -0.3 is 20.7 Å². The fraction of sp³-hybridized carbons (Fsp3) is 0.375. The second kappa shape index (κ2) is 10.6. The average molecular weight is 424 g/mol. The van der Waals surface area contributed by atoms with Crippen LogP contribution in [0.25, 0.3) is 0 Å². The van der Waals surface area contributed by atoms with E-state index in [1.165, 1.54) is 6.42 Å². The molecule has 2 aromatic carbocycles. The van der Waals surface area contributed by atoms with Gasteiger partial charge in [0.15, 0.2) is 0 Å². The van der Waals surface area contributed by atoms with Crippen molar-refractivity contribution in [1.82, 2.24) is 5.32 Å². The number of hydrogen-bond donors (Lipinski definition) is 2. The van der Waals surface area contributed by atoms with E-state index in [0.29, 0.717) is 17.7 Å². The number of nitrogens with two attached hydrogens (primary N) is 1. The van der Waals surface area contributed by atoms with E-state index in [1.54, 1.807) is 31.2 Å². The van der Waals surface area contributed by atoms with E-state index < -0.39 is 17.9 Å². The number of amides is 2. The van der Waals surface area contributed by atoms with Crippen molar-refractivity contribution in [2.24, 2.45) is 5.73 Å². The number of esters is 1. The molecule has 164 valence electrons. The number of benzene rings is 2. The lowest BCUT2D eigenvalue weighted by Gasteiger charge is -2.32. The van der Waals surface area contributed by atoms with Gasteiger partial charge in [0, 0.05) is 24.3 Å². The summed E-state index contributed by atoms with van der Waals surface area (Å²) in [6, 6.07) is 13.3. The molecule has 7 heteroatoms. The molecule has 1 aliphatic rings. The molecule has 1 saturated heterocycles. The zero-order chi connectivity index (χ0) is 22.2. The summed E-state index contributed by atoms with van der Waals surface area (Å²) in [5.74, 6) is -1.32. The quantitative estimate of drug-likeness (QED) is 0.636. The van der Waals surface area contributed by atoms with E-state index in [4.69, 9.17) is 10.5 Å². The molecule has 1 atom stereocenters. The minimum Gasteiger partial charge on any atom is -0.462 e. The zero-order valence-electron chi connectivity index (χ0n) is 17.8. The number of anilines is 1. The molecular formula is C24H29N3O4. The number of nitrogens with zero attached hydrogens (tertiary/aromatic N) is 1. The second-order valence-corrected chi connectivity index (χ2v) is 7.60.